The van der Waals surface area contributed by atoms with E-state index >= 15 is 0 Å². The van der Waals surface area contributed by atoms with E-state index in [2.05, 4.69) is 25.5 Å². The highest BCUT2D eigenvalue weighted by Crippen LogP contribution is 2.68. The maximum absolute atomic E-state index is 13.4. The van der Waals surface area contributed by atoms with Gasteiger partial charge >= 0.3 is 0 Å². The molecule has 0 amide bonds. The van der Waals surface area contributed by atoms with Crippen LogP contribution in [-0.2, 0) is 11.3 Å². The molecule has 0 aromatic carbocycles. The third-order valence-electron chi connectivity index (χ3n) is 10.7. The second-order valence-corrected chi connectivity index (χ2v) is 12.5. The van der Waals surface area contributed by atoms with Gasteiger partial charge in [0.15, 0.2) is 5.78 Å². The van der Waals surface area contributed by atoms with Gasteiger partial charge in [-0.25, -0.2) is 0 Å². The maximum atomic E-state index is 13.4. The second kappa shape index (κ2) is 7.44. The van der Waals surface area contributed by atoms with Crippen LogP contribution in [0.4, 0.5) is 0 Å². The minimum absolute atomic E-state index is 0.120. The molecule has 8 atom stereocenters. The Balaban J connectivity index is 1.32. The summed E-state index contributed by atoms with van der Waals surface area (Å²) in [4.78, 5) is 13.4. The summed E-state index contributed by atoms with van der Waals surface area (Å²) >= 11 is 0. The van der Waals surface area contributed by atoms with E-state index in [9.17, 15) is 9.90 Å². The number of nitrogens with two attached hydrogens (primary N) is 1. The van der Waals surface area contributed by atoms with Crippen LogP contribution in [0.5, 0.6) is 0 Å². The minimum atomic E-state index is -0.478. The van der Waals surface area contributed by atoms with Crippen molar-refractivity contribution in [3.05, 3.63) is 24.5 Å². The molecule has 0 spiro atoms. The lowest BCUT2D eigenvalue weighted by Gasteiger charge is -2.61. The lowest BCUT2D eigenvalue weighted by Crippen LogP contribution is -2.55. The van der Waals surface area contributed by atoms with Gasteiger partial charge in [0, 0.05) is 23.4 Å². The Morgan fingerprint density at radius 3 is 2.59 bits per heavy atom. The van der Waals surface area contributed by atoms with Crippen molar-refractivity contribution in [2.24, 2.45) is 46.2 Å². The third-order valence-corrected chi connectivity index (χ3v) is 10.7. The van der Waals surface area contributed by atoms with Crippen LogP contribution in [0.3, 0.4) is 0 Å². The Morgan fingerprint density at radius 1 is 1.12 bits per heavy atom. The summed E-state index contributed by atoms with van der Waals surface area (Å²) in [5.41, 5.74) is 7.07. The SMILES string of the molecule is C=C(N)c1cnn(CC(=O)[C@H]2CC[C@H]3[C@@H]4CC[C@@H]5C[C@](C)(O)CC[C@]5(C)[C@H]4CC[C@]23C)c1. The van der Waals surface area contributed by atoms with Crippen molar-refractivity contribution in [2.75, 3.05) is 0 Å². The van der Waals surface area contributed by atoms with E-state index in [4.69, 9.17) is 5.73 Å². The fourth-order valence-electron chi connectivity index (χ4n) is 8.85. The number of rotatable bonds is 4. The van der Waals surface area contributed by atoms with Crippen LogP contribution in [0.25, 0.3) is 5.70 Å². The number of nitrogens with zero attached hydrogens (tertiary/aromatic N) is 2. The highest BCUT2D eigenvalue weighted by Gasteiger charge is 2.61. The highest BCUT2D eigenvalue weighted by atomic mass is 16.3. The van der Waals surface area contributed by atoms with Crippen molar-refractivity contribution in [3.8, 4) is 0 Å². The number of aliphatic hydroxyl groups is 1. The molecule has 1 aromatic rings. The summed E-state index contributed by atoms with van der Waals surface area (Å²) in [7, 11) is 0. The highest BCUT2D eigenvalue weighted by molar-refractivity contribution is 5.82. The fourth-order valence-corrected chi connectivity index (χ4v) is 8.85. The number of ketones is 1. The monoisotopic (exact) mass is 439 g/mol. The van der Waals surface area contributed by atoms with Crippen molar-refractivity contribution >= 4 is 11.5 Å². The van der Waals surface area contributed by atoms with E-state index in [1.807, 2.05) is 13.1 Å². The summed E-state index contributed by atoms with van der Waals surface area (Å²) in [6.45, 7) is 11.1. The molecule has 0 bridgehead atoms. The lowest BCUT2D eigenvalue weighted by atomic mass is 9.44. The fraction of sp³-hybridized carbons (Fsp3) is 0.778. The second-order valence-electron chi connectivity index (χ2n) is 12.5. The van der Waals surface area contributed by atoms with Gasteiger partial charge in [-0.05, 0) is 99.2 Å². The molecule has 4 aliphatic carbocycles. The van der Waals surface area contributed by atoms with Crippen molar-refractivity contribution in [1.29, 1.82) is 0 Å². The van der Waals surface area contributed by atoms with Crippen LogP contribution in [0.2, 0.25) is 0 Å². The van der Waals surface area contributed by atoms with Gasteiger partial charge < -0.3 is 10.8 Å². The van der Waals surface area contributed by atoms with Crippen molar-refractivity contribution in [3.63, 3.8) is 0 Å². The molecular weight excluding hydrogens is 398 g/mol. The van der Waals surface area contributed by atoms with E-state index in [-0.39, 0.29) is 11.3 Å². The molecular formula is C27H41N3O2. The predicted molar refractivity (Wildman–Crippen MR) is 126 cm³/mol. The number of carbonyl (C=O) groups is 1. The molecule has 0 aliphatic heterocycles. The van der Waals surface area contributed by atoms with E-state index in [1.54, 1.807) is 10.9 Å². The smallest absolute Gasteiger partial charge is 0.157 e. The van der Waals surface area contributed by atoms with Gasteiger partial charge in [0.25, 0.3) is 0 Å². The molecule has 0 radical (unpaired) electrons. The largest absolute Gasteiger partial charge is 0.399 e. The summed E-state index contributed by atoms with van der Waals surface area (Å²) < 4.78 is 1.73. The number of carbonyl (C=O) groups excluding carboxylic acids is 1. The molecule has 5 heteroatoms. The average molecular weight is 440 g/mol. The molecule has 176 valence electrons. The first-order chi connectivity index (χ1) is 15.0. The average Bonchev–Trinajstić information content (AvgIpc) is 3.32. The molecule has 0 saturated heterocycles. The van der Waals surface area contributed by atoms with Crippen LogP contribution in [-0.4, -0.2) is 26.3 Å². The van der Waals surface area contributed by atoms with E-state index < -0.39 is 5.60 Å². The van der Waals surface area contributed by atoms with Gasteiger partial charge in [-0.2, -0.15) is 5.10 Å². The summed E-state index contributed by atoms with van der Waals surface area (Å²) in [5, 5.41) is 15.0. The Kier molecular flexibility index (Phi) is 5.16. The number of hydrogen-bond acceptors (Lipinski definition) is 4. The van der Waals surface area contributed by atoms with Gasteiger partial charge in [0.05, 0.1) is 18.3 Å². The summed E-state index contributed by atoms with van der Waals surface area (Å²) in [5.74, 6) is 3.29. The van der Waals surface area contributed by atoms with Gasteiger partial charge in [-0.15, -0.1) is 0 Å². The van der Waals surface area contributed by atoms with Gasteiger partial charge in [0.2, 0.25) is 0 Å². The topological polar surface area (TPSA) is 81.1 Å². The molecule has 32 heavy (non-hydrogen) atoms. The van der Waals surface area contributed by atoms with Crippen molar-refractivity contribution in [2.45, 2.75) is 90.7 Å². The van der Waals surface area contributed by atoms with Crippen LogP contribution < -0.4 is 5.73 Å². The minimum Gasteiger partial charge on any atom is -0.399 e. The molecule has 4 aliphatic rings. The summed E-state index contributed by atoms with van der Waals surface area (Å²) in [6.07, 6.45) is 13.8. The molecule has 3 N–H and O–H groups in total. The maximum Gasteiger partial charge on any atom is 0.157 e. The zero-order valence-electron chi connectivity index (χ0n) is 20.1. The number of Topliss-reactive ketones (excluding diaryl/α,β-unsaturated/α-hetero) is 1. The van der Waals surface area contributed by atoms with Crippen LogP contribution in [0.15, 0.2) is 19.0 Å². The van der Waals surface area contributed by atoms with E-state index in [1.165, 1.54) is 25.7 Å². The van der Waals surface area contributed by atoms with Crippen LogP contribution in [0.1, 0.15) is 84.1 Å². The number of fused-ring (bicyclic) bond motifs is 5. The zero-order valence-corrected chi connectivity index (χ0v) is 20.1. The first kappa shape index (κ1) is 22.2. The van der Waals surface area contributed by atoms with E-state index in [0.29, 0.717) is 35.3 Å². The third kappa shape index (κ3) is 3.38. The van der Waals surface area contributed by atoms with Crippen molar-refractivity contribution < 1.29 is 9.90 Å². The summed E-state index contributed by atoms with van der Waals surface area (Å²) in [6, 6.07) is 0. The molecule has 5 rings (SSSR count). The van der Waals surface area contributed by atoms with Crippen LogP contribution in [0, 0.1) is 40.4 Å². The normalized spacial score (nSPS) is 45.6. The predicted octanol–water partition coefficient (Wildman–Crippen LogP) is 4.79. The van der Waals surface area contributed by atoms with Crippen LogP contribution >= 0.6 is 0 Å². The Bertz CT molecular complexity index is 920. The standard InChI is InChI=1S/C27H41N3O2/c1-17(28)18-14-29-30(15-18)16-24(31)23-8-7-21-20-6-5-19-13-25(2,32)11-12-26(19,3)22(20)9-10-27(21,23)4/h14-15,19-23,32H,1,5-13,16,28H2,2-4H3/t19-,20+,21+,22+,23-,25-,26+,27+/m1/s1. The molecule has 1 heterocycles. The Morgan fingerprint density at radius 2 is 1.88 bits per heavy atom. The van der Waals surface area contributed by atoms with Crippen molar-refractivity contribution in [1.82, 2.24) is 9.78 Å². The Hall–Kier alpha value is -1.62. The zero-order chi connectivity index (χ0) is 22.9. The molecule has 0 unspecified atom stereocenters. The molecule has 4 saturated carbocycles. The number of hydrogen-bond donors (Lipinski definition) is 2. The molecule has 4 fully saturated rings. The molecule has 5 nitrogen and oxygen atoms in total. The number of aromatic nitrogens is 2. The molecule has 1 aromatic heterocycles. The van der Waals surface area contributed by atoms with E-state index in [0.717, 1.165) is 49.5 Å². The first-order valence-electron chi connectivity index (χ1n) is 12.8. The lowest BCUT2D eigenvalue weighted by molar-refractivity contribution is -0.151. The Labute approximate surface area is 192 Å². The quantitative estimate of drug-likeness (QED) is 0.707. The van der Waals surface area contributed by atoms with Gasteiger partial charge in [-0.3, -0.25) is 9.48 Å². The first-order valence-corrected chi connectivity index (χ1v) is 12.8. The van der Waals surface area contributed by atoms with Gasteiger partial charge in [0.1, 0.15) is 0 Å². The van der Waals surface area contributed by atoms with Gasteiger partial charge in [-0.1, -0.05) is 20.4 Å².